The third kappa shape index (κ3) is 1.02. The van der Waals surface area contributed by atoms with Crippen molar-refractivity contribution in [2.45, 2.75) is 56.1 Å². The van der Waals surface area contributed by atoms with Crippen LogP contribution in [0.1, 0.15) is 26.2 Å². The zero-order valence-electron chi connectivity index (χ0n) is 10.1. The minimum atomic E-state index is -1.07. The van der Waals surface area contributed by atoms with Gasteiger partial charge in [-0.1, -0.05) is 13.2 Å². The van der Waals surface area contributed by atoms with Crippen LogP contribution in [0.5, 0.6) is 0 Å². The molecule has 5 nitrogen and oxygen atoms in total. The van der Waals surface area contributed by atoms with Crippen LogP contribution in [0, 0.1) is 0 Å². The molecule has 2 heterocycles. The van der Waals surface area contributed by atoms with Crippen molar-refractivity contribution in [3.8, 4) is 0 Å². The number of cyclic esters (lactones) is 1. The number of ether oxygens (including phenoxy) is 2. The molecular weight excluding hydrogens is 221 g/mol. The van der Waals surface area contributed by atoms with E-state index in [1.807, 2.05) is 6.92 Å². The Hall–Kier alpha value is -1.20. The number of esters is 1. The Balaban J connectivity index is 2.16. The molecule has 0 radical (unpaired) electrons. The molecule has 17 heavy (non-hydrogen) atoms. The number of hydrogen-bond donors (Lipinski definition) is 1. The second-order valence-electron chi connectivity index (χ2n) is 5.26. The highest BCUT2D eigenvalue weighted by Gasteiger charge is 2.76. The lowest BCUT2D eigenvalue weighted by Crippen LogP contribution is -2.65. The maximum Gasteiger partial charge on any atom is 0.409 e. The first-order valence-corrected chi connectivity index (χ1v) is 6.29. The highest BCUT2D eigenvalue weighted by atomic mass is 16.6. The number of nitrogens with one attached hydrogen (secondary N) is 1. The van der Waals surface area contributed by atoms with Gasteiger partial charge in [0.15, 0.2) is 0 Å². The summed E-state index contributed by atoms with van der Waals surface area (Å²) in [6, 6.07) is 0. The Bertz CT molecular complexity index is 401. The number of hydrogen-bond acceptors (Lipinski definition) is 4. The van der Waals surface area contributed by atoms with E-state index in [0.29, 0.717) is 6.42 Å². The molecule has 1 amide bonds. The SMILES string of the molecule is CB[C@H]1CCC[C@]23OC(=O)N[C@]12[C@@H](C)OC3=O. The van der Waals surface area contributed by atoms with Gasteiger partial charge in [-0.05, 0) is 19.2 Å². The van der Waals surface area contributed by atoms with Gasteiger partial charge in [0.1, 0.15) is 18.9 Å². The molecule has 0 spiro atoms. The molecule has 2 saturated heterocycles. The number of amides is 1. The molecule has 2 aliphatic heterocycles. The molecule has 3 aliphatic rings. The van der Waals surface area contributed by atoms with Crippen LogP contribution in [0.2, 0.25) is 12.6 Å². The lowest BCUT2D eigenvalue weighted by molar-refractivity contribution is -0.155. The Morgan fingerprint density at radius 2 is 2.24 bits per heavy atom. The van der Waals surface area contributed by atoms with Crippen molar-refractivity contribution < 1.29 is 19.1 Å². The molecule has 0 bridgehead atoms. The van der Waals surface area contributed by atoms with Gasteiger partial charge in [-0.25, -0.2) is 9.59 Å². The first kappa shape index (κ1) is 10.9. The quantitative estimate of drug-likeness (QED) is 0.536. The van der Waals surface area contributed by atoms with Crippen LogP contribution in [0.15, 0.2) is 0 Å². The second-order valence-corrected chi connectivity index (χ2v) is 5.26. The van der Waals surface area contributed by atoms with Crippen LogP contribution in [-0.4, -0.2) is 36.6 Å². The van der Waals surface area contributed by atoms with Gasteiger partial charge in [0.25, 0.3) is 0 Å². The van der Waals surface area contributed by atoms with Crippen LogP contribution in [0.3, 0.4) is 0 Å². The Kier molecular flexibility index (Phi) is 2.04. The lowest BCUT2D eigenvalue weighted by Gasteiger charge is -2.44. The fourth-order valence-electron chi connectivity index (χ4n) is 4.00. The van der Waals surface area contributed by atoms with E-state index in [-0.39, 0.29) is 17.9 Å². The number of alkyl carbamates (subject to hydrolysis) is 1. The smallest absolute Gasteiger partial charge is 0.409 e. The van der Waals surface area contributed by atoms with Crippen molar-refractivity contribution in [3.63, 3.8) is 0 Å². The van der Waals surface area contributed by atoms with E-state index in [2.05, 4.69) is 12.1 Å². The number of carbonyl (C=O) groups is 2. The zero-order chi connectivity index (χ0) is 12.3. The Morgan fingerprint density at radius 3 is 2.94 bits per heavy atom. The van der Waals surface area contributed by atoms with E-state index in [1.54, 1.807) is 0 Å². The van der Waals surface area contributed by atoms with Crippen molar-refractivity contribution in [2.75, 3.05) is 0 Å². The van der Waals surface area contributed by atoms with Gasteiger partial charge < -0.3 is 14.8 Å². The first-order valence-electron chi connectivity index (χ1n) is 6.29. The predicted molar refractivity (Wildman–Crippen MR) is 61.2 cm³/mol. The fourth-order valence-corrected chi connectivity index (χ4v) is 4.00. The first-order chi connectivity index (χ1) is 8.07. The summed E-state index contributed by atoms with van der Waals surface area (Å²) in [5.74, 6) is -0.134. The molecule has 0 unspecified atom stereocenters. The summed E-state index contributed by atoms with van der Waals surface area (Å²) in [4.78, 5) is 23.7. The van der Waals surface area contributed by atoms with Crippen LogP contribution in [-0.2, 0) is 14.3 Å². The van der Waals surface area contributed by atoms with Gasteiger partial charge in [0.05, 0.1) is 0 Å². The van der Waals surface area contributed by atoms with Gasteiger partial charge in [-0.2, -0.15) is 0 Å². The lowest BCUT2D eigenvalue weighted by atomic mass is 9.48. The van der Waals surface area contributed by atoms with Gasteiger partial charge in [-0.15, -0.1) is 0 Å². The summed E-state index contributed by atoms with van der Waals surface area (Å²) in [5.41, 5.74) is -1.71. The third-order valence-electron chi connectivity index (χ3n) is 4.72. The summed E-state index contributed by atoms with van der Waals surface area (Å²) in [7, 11) is 0.909. The van der Waals surface area contributed by atoms with Crippen molar-refractivity contribution in [1.82, 2.24) is 5.32 Å². The molecule has 92 valence electrons. The number of rotatable bonds is 1. The molecule has 3 rings (SSSR count). The van der Waals surface area contributed by atoms with Gasteiger partial charge in [-0.3, -0.25) is 0 Å². The van der Waals surface area contributed by atoms with Crippen LogP contribution >= 0.6 is 0 Å². The highest BCUT2D eigenvalue weighted by molar-refractivity contribution is 6.36. The summed E-state index contributed by atoms with van der Waals surface area (Å²) >= 11 is 0. The second kappa shape index (κ2) is 3.18. The molecule has 1 saturated carbocycles. The van der Waals surface area contributed by atoms with Crippen molar-refractivity contribution in [2.24, 2.45) is 0 Å². The number of carbonyl (C=O) groups excluding carboxylic acids is 2. The van der Waals surface area contributed by atoms with Gasteiger partial charge >= 0.3 is 12.1 Å². The largest absolute Gasteiger partial charge is 0.457 e. The van der Waals surface area contributed by atoms with Crippen LogP contribution in [0.4, 0.5) is 4.79 Å². The monoisotopic (exact) mass is 237 g/mol. The van der Waals surface area contributed by atoms with E-state index >= 15 is 0 Å². The molecule has 1 N–H and O–H groups in total. The van der Waals surface area contributed by atoms with Gasteiger partial charge in [0, 0.05) is 6.42 Å². The average molecular weight is 237 g/mol. The maximum atomic E-state index is 12.1. The van der Waals surface area contributed by atoms with Crippen LogP contribution < -0.4 is 5.32 Å². The zero-order valence-corrected chi connectivity index (χ0v) is 10.1. The molecular formula is C11H16BNO4. The summed E-state index contributed by atoms with van der Waals surface area (Å²) in [5, 5.41) is 2.90. The van der Waals surface area contributed by atoms with Crippen LogP contribution in [0.25, 0.3) is 0 Å². The molecule has 3 fully saturated rings. The molecule has 6 heteroatoms. The van der Waals surface area contributed by atoms with Crippen molar-refractivity contribution in [3.05, 3.63) is 0 Å². The fraction of sp³-hybridized carbons (Fsp3) is 0.818. The summed E-state index contributed by atoms with van der Waals surface area (Å²) in [6.45, 7) is 3.93. The van der Waals surface area contributed by atoms with Crippen molar-refractivity contribution >= 4 is 19.3 Å². The van der Waals surface area contributed by atoms with Gasteiger partial charge in [0.2, 0.25) is 5.60 Å². The summed E-state index contributed by atoms with van der Waals surface area (Å²) in [6.07, 6.45) is 1.69. The molecule has 0 aromatic carbocycles. The third-order valence-corrected chi connectivity index (χ3v) is 4.72. The summed E-state index contributed by atoms with van der Waals surface area (Å²) < 4.78 is 10.7. The topological polar surface area (TPSA) is 64.6 Å². The van der Waals surface area contributed by atoms with E-state index in [9.17, 15) is 9.59 Å². The predicted octanol–water partition coefficient (Wildman–Crippen LogP) is 0.606. The van der Waals surface area contributed by atoms with Crippen molar-refractivity contribution in [1.29, 1.82) is 0 Å². The van der Waals surface area contributed by atoms with E-state index in [0.717, 1.165) is 20.1 Å². The van der Waals surface area contributed by atoms with E-state index in [1.165, 1.54) is 0 Å². The minimum Gasteiger partial charge on any atom is -0.457 e. The molecule has 0 aromatic heterocycles. The van der Waals surface area contributed by atoms with E-state index < -0.39 is 17.2 Å². The maximum absolute atomic E-state index is 12.1. The standard InChI is InChI=1S/C11H16BNO4/c1-6-11-7(12-2)4-3-5-10(11,8(14)16-6)17-9(15)13-11/h6-7,12H,3-5H2,1-2H3,(H,13,15)/t6-,7+,10-,11-/m1/s1. The molecule has 4 atom stereocenters. The minimum absolute atomic E-state index is 0.240. The molecule has 0 aromatic rings. The average Bonchev–Trinajstić information content (AvgIpc) is 2.71. The van der Waals surface area contributed by atoms with E-state index in [4.69, 9.17) is 9.47 Å². The Labute approximate surface area is 100 Å². The molecule has 1 aliphatic carbocycles. The Morgan fingerprint density at radius 1 is 1.47 bits per heavy atom. The normalized spacial score (nSPS) is 47.6. The highest BCUT2D eigenvalue weighted by Crippen LogP contribution is 2.56.